The van der Waals surface area contributed by atoms with Crippen molar-refractivity contribution in [2.45, 2.75) is 19.3 Å². The lowest BCUT2D eigenvalue weighted by Gasteiger charge is -2.18. The van der Waals surface area contributed by atoms with Gasteiger partial charge in [0.2, 0.25) is 15.9 Å². The molecule has 2 aliphatic heterocycles. The minimum Gasteiger partial charge on any atom is -0.339 e. The number of anilines is 1. The summed E-state index contributed by atoms with van der Waals surface area (Å²) in [6, 6.07) is 6.29. The molecule has 0 unspecified atom stereocenters. The van der Waals surface area contributed by atoms with E-state index in [0.29, 0.717) is 5.56 Å². The summed E-state index contributed by atoms with van der Waals surface area (Å²) in [5, 5.41) is 0. The second kappa shape index (κ2) is 5.14. The van der Waals surface area contributed by atoms with Gasteiger partial charge in [0, 0.05) is 25.1 Å². The fourth-order valence-electron chi connectivity index (χ4n) is 2.74. The second-order valence-electron chi connectivity index (χ2n) is 5.27. The molecule has 0 bridgehead atoms. The van der Waals surface area contributed by atoms with Gasteiger partial charge in [0.25, 0.3) is 5.91 Å². The zero-order valence-electron chi connectivity index (χ0n) is 11.5. The van der Waals surface area contributed by atoms with Crippen molar-refractivity contribution in [1.82, 2.24) is 4.90 Å². The summed E-state index contributed by atoms with van der Waals surface area (Å²) in [4.78, 5) is 25.9. The monoisotopic (exact) mass is 308 g/mol. The molecule has 0 aliphatic carbocycles. The Morgan fingerprint density at radius 3 is 2.48 bits per heavy atom. The molecule has 6 nitrogen and oxygen atoms in total. The molecule has 0 spiro atoms. The molecule has 3 rings (SSSR count). The number of hydrogen-bond acceptors (Lipinski definition) is 4. The molecule has 7 heteroatoms. The van der Waals surface area contributed by atoms with Crippen LogP contribution in [0.1, 0.15) is 29.6 Å². The van der Waals surface area contributed by atoms with Crippen molar-refractivity contribution in [3.8, 4) is 0 Å². The average Bonchev–Trinajstić information content (AvgIpc) is 3.07. The average molecular weight is 308 g/mol. The van der Waals surface area contributed by atoms with E-state index in [4.69, 9.17) is 0 Å². The smallest absolute Gasteiger partial charge is 0.253 e. The van der Waals surface area contributed by atoms with E-state index in [0.717, 1.165) is 30.2 Å². The van der Waals surface area contributed by atoms with Gasteiger partial charge in [0.1, 0.15) is 0 Å². The van der Waals surface area contributed by atoms with E-state index in [1.54, 1.807) is 23.1 Å². The number of likely N-dealkylation sites (tertiary alicyclic amines) is 1. The largest absolute Gasteiger partial charge is 0.339 e. The molecular formula is C14H16N2O4S. The van der Waals surface area contributed by atoms with E-state index in [1.165, 1.54) is 6.07 Å². The van der Waals surface area contributed by atoms with Gasteiger partial charge in [-0.3, -0.25) is 9.59 Å². The summed E-state index contributed by atoms with van der Waals surface area (Å²) in [7, 11) is -3.59. The Morgan fingerprint density at radius 1 is 1.14 bits per heavy atom. The Morgan fingerprint density at radius 2 is 1.86 bits per heavy atom. The molecule has 0 aromatic heterocycles. The van der Waals surface area contributed by atoms with Crippen LogP contribution in [0.5, 0.6) is 0 Å². The van der Waals surface area contributed by atoms with Crippen LogP contribution in [0.3, 0.4) is 0 Å². The first-order chi connectivity index (χ1) is 9.99. The third kappa shape index (κ3) is 2.53. The minimum atomic E-state index is -3.59. The molecule has 112 valence electrons. The van der Waals surface area contributed by atoms with Gasteiger partial charge in [-0.05, 0) is 31.0 Å². The van der Waals surface area contributed by atoms with E-state index < -0.39 is 15.9 Å². The highest BCUT2D eigenvalue weighted by Gasteiger charge is 2.36. The highest BCUT2D eigenvalue weighted by atomic mass is 32.2. The number of sulfonamides is 1. The first kappa shape index (κ1) is 14.1. The van der Waals surface area contributed by atoms with Crippen LogP contribution in [0.25, 0.3) is 0 Å². The van der Waals surface area contributed by atoms with Crippen molar-refractivity contribution in [1.29, 1.82) is 0 Å². The van der Waals surface area contributed by atoms with Crippen molar-refractivity contribution in [2.75, 3.05) is 23.1 Å². The molecular weight excluding hydrogens is 292 g/mol. The number of carbonyl (C=O) groups excluding carboxylic acids is 2. The number of hydrogen-bond donors (Lipinski definition) is 0. The first-order valence-corrected chi connectivity index (χ1v) is 8.55. The molecule has 2 amide bonds. The third-order valence-electron chi connectivity index (χ3n) is 3.80. The Balaban J connectivity index is 1.93. The molecule has 21 heavy (non-hydrogen) atoms. The van der Waals surface area contributed by atoms with Crippen LogP contribution in [0.15, 0.2) is 24.3 Å². The van der Waals surface area contributed by atoms with Crippen LogP contribution in [-0.4, -0.2) is 44.0 Å². The second-order valence-corrected chi connectivity index (χ2v) is 7.21. The predicted octanol–water partition coefficient (Wildman–Crippen LogP) is 0.989. The molecule has 0 saturated carbocycles. The van der Waals surface area contributed by atoms with Crippen LogP contribution in [0.2, 0.25) is 0 Å². The van der Waals surface area contributed by atoms with E-state index in [-0.39, 0.29) is 23.8 Å². The lowest BCUT2D eigenvalue weighted by atomic mass is 10.1. The van der Waals surface area contributed by atoms with Crippen LogP contribution in [0, 0.1) is 0 Å². The molecule has 1 aromatic carbocycles. The minimum absolute atomic E-state index is 0.00731. The fourth-order valence-corrected chi connectivity index (χ4v) is 4.19. The standard InChI is InChI=1S/C14H16N2O4S/c17-13-6-9-21(19,20)16(13)12-5-3-4-11(10-12)14(18)15-7-1-2-8-15/h3-5,10H,1-2,6-9H2. The maximum absolute atomic E-state index is 12.3. The maximum atomic E-state index is 12.3. The Labute approximate surface area is 123 Å². The Kier molecular flexibility index (Phi) is 3.44. The molecule has 1 aromatic rings. The summed E-state index contributed by atoms with van der Waals surface area (Å²) in [5.41, 5.74) is 0.673. The normalized spacial score (nSPS) is 21.0. The zero-order valence-corrected chi connectivity index (χ0v) is 12.3. The molecule has 2 saturated heterocycles. The molecule has 0 radical (unpaired) electrons. The summed E-state index contributed by atoms with van der Waals surface area (Å²) in [6.07, 6.45) is 1.97. The van der Waals surface area contributed by atoms with Gasteiger partial charge in [0.15, 0.2) is 0 Å². The topological polar surface area (TPSA) is 74.8 Å². The summed E-state index contributed by atoms with van der Waals surface area (Å²) in [6.45, 7) is 1.45. The molecule has 2 heterocycles. The number of benzene rings is 1. The third-order valence-corrected chi connectivity index (χ3v) is 5.49. The van der Waals surface area contributed by atoms with Crippen molar-refractivity contribution >= 4 is 27.5 Å². The molecule has 0 N–H and O–H groups in total. The number of nitrogens with zero attached hydrogens (tertiary/aromatic N) is 2. The van der Waals surface area contributed by atoms with E-state index in [1.807, 2.05) is 0 Å². The Hall–Kier alpha value is -1.89. The van der Waals surface area contributed by atoms with Gasteiger partial charge in [0.05, 0.1) is 11.4 Å². The lowest BCUT2D eigenvalue weighted by Crippen LogP contribution is -2.30. The van der Waals surface area contributed by atoms with Gasteiger partial charge in [-0.25, -0.2) is 12.7 Å². The van der Waals surface area contributed by atoms with Crippen LogP contribution < -0.4 is 4.31 Å². The number of rotatable bonds is 2. The summed E-state index contributed by atoms with van der Waals surface area (Å²) < 4.78 is 24.7. The van der Waals surface area contributed by atoms with E-state index >= 15 is 0 Å². The van der Waals surface area contributed by atoms with Gasteiger partial charge >= 0.3 is 0 Å². The molecule has 2 fully saturated rings. The summed E-state index contributed by atoms with van der Waals surface area (Å²) >= 11 is 0. The van der Waals surface area contributed by atoms with E-state index in [9.17, 15) is 18.0 Å². The lowest BCUT2D eigenvalue weighted by molar-refractivity contribution is -0.116. The van der Waals surface area contributed by atoms with Gasteiger partial charge < -0.3 is 4.90 Å². The highest BCUT2D eigenvalue weighted by Crippen LogP contribution is 2.26. The van der Waals surface area contributed by atoms with Crippen LogP contribution >= 0.6 is 0 Å². The van der Waals surface area contributed by atoms with Gasteiger partial charge in [-0.2, -0.15) is 0 Å². The highest BCUT2D eigenvalue weighted by molar-refractivity contribution is 7.94. The van der Waals surface area contributed by atoms with Crippen molar-refractivity contribution in [3.05, 3.63) is 29.8 Å². The van der Waals surface area contributed by atoms with Gasteiger partial charge in [-0.15, -0.1) is 0 Å². The van der Waals surface area contributed by atoms with Crippen LogP contribution in [-0.2, 0) is 14.8 Å². The number of amides is 2. The van der Waals surface area contributed by atoms with Crippen molar-refractivity contribution in [3.63, 3.8) is 0 Å². The zero-order chi connectivity index (χ0) is 15.0. The fraction of sp³-hybridized carbons (Fsp3) is 0.429. The van der Waals surface area contributed by atoms with Crippen molar-refractivity contribution < 1.29 is 18.0 Å². The Bertz CT molecular complexity index is 693. The predicted molar refractivity (Wildman–Crippen MR) is 77.5 cm³/mol. The van der Waals surface area contributed by atoms with Gasteiger partial charge in [-0.1, -0.05) is 6.07 Å². The maximum Gasteiger partial charge on any atom is 0.253 e. The molecule has 0 atom stereocenters. The quantitative estimate of drug-likeness (QED) is 0.816. The number of carbonyl (C=O) groups is 2. The molecule has 2 aliphatic rings. The summed E-state index contributed by atoms with van der Waals surface area (Å²) in [5.74, 6) is -0.727. The van der Waals surface area contributed by atoms with Crippen LogP contribution in [0.4, 0.5) is 5.69 Å². The first-order valence-electron chi connectivity index (χ1n) is 6.94. The SMILES string of the molecule is O=C(c1cccc(N2C(=O)CCS2(=O)=O)c1)N1CCCC1. The van der Waals surface area contributed by atoms with E-state index in [2.05, 4.69) is 0 Å². The van der Waals surface area contributed by atoms with Crippen molar-refractivity contribution in [2.24, 2.45) is 0 Å².